The Balaban J connectivity index is 2.11. The third kappa shape index (κ3) is 4.02. The van der Waals surface area contributed by atoms with Crippen LogP contribution in [-0.4, -0.2) is 6.04 Å². The van der Waals surface area contributed by atoms with Crippen molar-refractivity contribution in [1.82, 2.24) is 0 Å². The fraction of sp³-hybridized carbons (Fsp3) is 0.294. The fourth-order valence-corrected chi connectivity index (χ4v) is 3.64. The van der Waals surface area contributed by atoms with E-state index in [4.69, 9.17) is 17.3 Å². The van der Waals surface area contributed by atoms with E-state index in [0.717, 1.165) is 10.8 Å². The molecular formula is C17H20ClNS. The Morgan fingerprint density at radius 2 is 1.75 bits per heavy atom. The highest BCUT2D eigenvalue weighted by Gasteiger charge is 2.18. The van der Waals surface area contributed by atoms with Crippen LogP contribution in [0.5, 0.6) is 0 Å². The average Bonchev–Trinajstić information content (AvgIpc) is 2.42. The van der Waals surface area contributed by atoms with Gasteiger partial charge in [0.1, 0.15) is 0 Å². The molecule has 0 saturated heterocycles. The highest BCUT2D eigenvalue weighted by atomic mass is 35.5. The quantitative estimate of drug-likeness (QED) is 0.844. The van der Waals surface area contributed by atoms with Crippen molar-refractivity contribution in [2.24, 2.45) is 5.73 Å². The Labute approximate surface area is 130 Å². The second-order valence-electron chi connectivity index (χ2n) is 5.07. The molecule has 1 nitrogen and oxygen atoms in total. The number of aryl methyl sites for hydroxylation is 1. The molecule has 2 atom stereocenters. The Morgan fingerprint density at radius 3 is 2.35 bits per heavy atom. The largest absolute Gasteiger partial charge is 0.327 e. The number of hydrogen-bond acceptors (Lipinski definition) is 2. The number of hydrogen-bond donors (Lipinski definition) is 1. The van der Waals surface area contributed by atoms with Crippen LogP contribution in [-0.2, 0) is 5.75 Å². The average molecular weight is 306 g/mol. The first kappa shape index (κ1) is 15.4. The van der Waals surface area contributed by atoms with Crippen molar-refractivity contribution in [2.45, 2.75) is 30.9 Å². The van der Waals surface area contributed by atoms with Gasteiger partial charge in [-0.2, -0.15) is 0 Å². The van der Waals surface area contributed by atoms with Gasteiger partial charge in [0.2, 0.25) is 0 Å². The van der Waals surface area contributed by atoms with Crippen molar-refractivity contribution < 1.29 is 0 Å². The smallest absolute Gasteiger partial charge is 0.0451 e. The van der Waals surface area contributed by atoms with Gasteiger partial charge in [-0.05, 0) is 42.7 Å². The van der Waals surface area contributed by atoms with Crippen LogP contribution in [0.2, 0.25) is 5.02 Å². The minimum atomic E-state index is 0.119. The van der Waals surface area contributed by atoms with E-state index in [9.17, 15) is 0 Å². The summed E-state index contributed by atoms with van der Waals surface area (Å²) >= 11 is 7.80. The van der Waals surface area contributed by atoms with Crippen molar-refractivity contribution in [3.05, 3.63) is 70.2 Å². The Hall–Kier alpha value is -0.960. The second-order valence-corrected chi connectivity index (χ2v) is 6.64. The molecule has 2 aromatic carbocycles. The number of rotatable bonds is 5. The van der Waals surface area contributed by atoms with Crippen LogP contribution in [0.3, 0.4) is 0 Å². The Kier molecular flexibility index (Phi) is 5.53. The summed E-state index contributed by atoms with van der Waals surface area (Å²) in [6.07, 6.45) is 0. The summed E-state index contributed by atoms with van der Waals surface area (Å²) in [4.78, 5) is 0. The van der Waals surface area contributed by atoms with Crippen molar-refractivity contribution in [3.63, 3.8) is 0 Å². The summed E-state index contributed by atoms with van der Waals surface area (Å²) in [6.45, 7) is 4.22. The predicted octanol–water partition coefficient (Wildman–Crippen LogP) is 4.97. The van der Waals surface area contributed by atoms with Crippen molar-refractivity contribution in [2.75, 3.05) is 0 Å². The van der Waals surface area contributed by atoms with Gasteiger partial charge >= 0.3 is 0 Å². The van der Waals surface area contributed by atoms with Crippen LogP contribution in [0.4, 0.5) is 0 Å². The molecule has 20 heavy (non-hydrogen) atoms. The maximum Gasteiger partial charge on any atom is 0.0451 e. The van der Waals surface area contributed by atoms with E-state index in [2.05, 4.69) is 50.2 Å². The summed E-state index contributed by atoms with van der Waals surface area (Å²) in [6, 6.07) is 16.6. The van der Waals surface area contributed by atoms with Gasteiger partial charge < -0.3 is 5.73 Å². The molecule has 3 heteroatoms. The molecule has 2 N–H and O–H groups in total. The third-order valence-corrected chi connectivity index (χ3v) is 5.11. The van der Waals surface area contributed by atoms with Gasteiger partial charge in [0.15, 0.2) is 0 Å². The van der Waals surface area contributed by atoms with Crippen LogP contribution < -0.4 is 5.73 Å². The minimum Gasteiger partial charge on any atom is -0.327 e. The molecule has 0 aliphatic heterocycles. The maximum absolute atomic E-state index is 6.18. The molecular weight excluding hydrogens is 286 g/mol. The molecule has 2 unspecified atom stereocenters. The van der Waals surface area contributed by atoms with Crippen LogP contribution in [0.1, 0.15) is 28.9 Å². The topological polar surface area (TPSA) is 26.0 Å². The highest BCUT2D eigenvalue weighted by molar-refractivity contribution is 7.98. The van der Waals surface area contributed by atoms with Gasteiger partial charge in [0.25, 0.3) is 0 Å². The van der Waals surface area contributed by atoms with E-state index >= 15 is 0 Å². The summed E-state index contributed by atoms with van der Waals surface area (Å²) in [5.74, 6) is 0.942. The predicted molar refractivity (Wildman–Crippen MR) is 90.3 cm³/mol. The normalized spacial score (nSPS) is 14.0. The number of thioether (sulfide) groups is 1. The molecule has 0 heterocycles. The highest BCUT2D eigenvalue weighted by Crippen LogP contribution is 2.35. The van der Waals surface area contributed by atoms with E-state index in [-0.39, 0.29) is 6.04 Å². The van der Waals surface area contributed by atoms with Crippen molar-refractivity contribution >= 4 is 23.4 Å². The first-order valence-corrected chi connectivity index (χ1v) is 8.18. The summed E-state index contributed by atoms with van der Waals surface area (Å²) in [5, 5.41) is 1.09. The van der Waals surface area contributed by atoms with E-state index in [1.807, 2.05) is 23.9 Å². The van der Waals surface area contributed by atoms with E-state index in [1.54, 1.807) is 0 Å². The molecule has 0 spiro atoms. The lowest BCUT2D eigenvalue weighted by Gasteiger charge is -2.22. The number of halogens is 1. The van der Waals surface area contributed by atoms with Gasteiger partial charge in [-0.25, -0.2) is 0 Å². The molecule has 0 radical (unpaired) electrons. The minimum absolute atomic E-state index is 0.119. The van der Waals surface area contributed by atoms with Gasteiger partial charge in [0.05, 0.1) is 0 Å². The van der Waals surface area contributed by atoms with E-state index in [0.29, 0.717) is 5.25 Å². The van der Waals surface area contributed by atoms with Crippen LogP contribution >= 0.6 is 23.4 Å². The Morgan fingerprint density at radius 1 is 1.10 bits per heavy atom. The molecule has 0 saturated carbocycles. The number of benzene rings is 2. The Bertz CT molecular complexity index is 551. The summed E-state index contributed by atoms with van der Waals surface area (Å²) in [7, 11) is 0. The lowest BCUT2D eigenvalue weighted by atomic mass is 10.0. The number of nitrogens with two attached hydrogens (primary N) is 1. The lowest BCUT2D eigenvalue weighted by Crippen LogP contribution is -2.23. The summed E-state index contributed by atoms with van der Waals surface area (Å²) < 4.78 is 0. The molecule has 0 aliphatic carbocycles. The SMILES string of the molecule is Cc1ccccc1C(SCc1ccc(Cl)cc1)C(C)N. The third-order valence-electron chi connectivity index (χ3n) is 3.32. The monoisotopic (exact) mass is 305 g/mol. The second kappa shape index (κ2) is 7.16. The van der Waals surface area contributed by atoms with Gasteiger partial charge in [-0.3, -0.25) is 0 Å². The van der Waals surface area contributed by atoms with Crippen LogP contribution in [0, 0.1) is 6.92 Å². The molecule has 0 aliphatic rings. The van der Waals surface area contributed by atoms with Crippen LogP contribution in [0.15, 0.2) is 48.5 Å². The molecule has 2 rings (SSSR count). The van der Waals surface area contributed by atoms with Gasteiger partial charge in [-0.15, -0.1) is 11.8 Å². The van der Waals surface area contributed by atoms with Crippen molar-refractivity contribution in [1.29, 1.82) is 0 Å². The standard InChI is InChI=1S/C17H20ClNS/c1-12-5-3-4-6-16(12)17(13(2)19)20-11-14-7-9-15(18)10-8-14/h3-10,13,17H,11,19H2,1-2H3. The fourth-order valence-electron chi connectivity index (χ4n) is 2.20. The van der Waals surface area contributed by atoms with E-state index < -0.39 is 0 Å². The first-order valence-electron chi connectivity index (χ1n) is 6.75. The first-order chi connectivity index (χ1) is 9.58. The zero-order valence-corrected chi connectivity index (χ0v) is 13.4. The van der Waals surface area contributed by atoms with Gasteiger partial charge in [0, 0.05) is 22.1 Å². The van der Waals surface area contributed by atoms with Crippen molar-refractivity contribution in [3.8, 4) is 0 Å². The summed E-state index contributed by atoms with van der Waals surface area (Å²) in [5.41, 5.74) is 10.1. The zero-order valence-electron chi connectivity index (χ0n) is 11.8. The zero-order chi connectivity index (χ0) is 14.5. The van der Waals surface area contributed by atoms with Crippen LogP contribution in [0.25, 0.3) is 0 Å². The molecule has 106 valence electrons. The molecule has 2 aromatic rings. The molecule has 0 aromatic heterocycles. The van der Waals surface area contributed by atoms with E-state index in [1.165, 1.54) is 16.7 Å². The molecule has 0 amide bonds. The lowest BCUT2D eigenvalue weighted by molar-refractivity contribution is 0.718. The molecule has 0 bridgehead atoms. The maximum atomic E-state index is 6.18. The molecule has 0 fully saturated rings. The van der Waals surface area contributed by atoms with Gasteiger partial charge in [-0.1, -0.05) is 48.0 Å².